The molecule has 0 saturated carbocycles. The summed E-state index contributed by atoms with van der Waals surface area (Å²) in [6.07, 6.45) is 4.66. The summed E-state index contributed by atoms with van der Waals surface area (Å²) in [5.74, 6) is 1.56. The molecule has 1 amide bonds. The lowest BCUT2D eigenvalue weighted by molar-refractivity contribution is -0.136. The molecule has 1 atom stereocenters. The zero-order valence-electron chi connectivity index (χ0n) is 15.1. The SMILES string of the molecule is COc1cccc(-c2cn[nH]c2C2CCN(C(=O)[C@H]3CCOC3)CC2)c1. The van der Waals surface area contributed by atoms with Crippen molar-refractivity contribution in [2.45, 2.75) is 25.2 Å². The third kappa shape index (κ3) is 3.33. The number of piperidine rings is 1. The van der Waals surface area contributed by atoms with Gasteiger partial charge >= 0.3 is 0 Å². The average molecular weight is 355 g/mol. The molecule has 1 aromatic heterocycles. The van der Waals surface area contributed by atoms with Gasteiger partial charge in [-0.05, 0) is 37.0 Å². The van der Waals surface area contributed by atoms with Crippen LogP contribution in [0, 0.1) is 5.92 Å². The molecule has 2 aliphatic heterocycles. The molecule has 138 valence electrons. The molecule has 6 nitrogen and oxygen atoms in total. The lowest BCUT2D eigenvalue weighted by Gasteiger charge is -2.33. The number of methoxy groups -OCH3 is 1. The molecule has 1 aromatic carbocycles. The van der Waals surface area contributed by atoms with Crippen molar-refractivity contribution in [1.29, 1.82) is 0 Å². The number of aromatic nitrogens is 2. The van der Waals surface area contributed by atoms with Gasteiger partial charge in [0.05, 0.1) is 25.8 Å². The average Bonchev–Trinajstić information content (AvgIpc) is 3.39. The van der Waals surface area contributed by atoms with Crippen LogP contribution in [0.2, 0.25) is 0 Å². The normalized spacial score (nSPS) is 21.1. The number of likely N-dealkylation sites (tertiary alicyclic amines) is 1. The van der Waals surface area contributed by atoms with Crippen LogP contribution in [0.5, 0.6) is 5.75 Å². The van der Waals surface area contributed by atoms with Crippen molar-refractivity contribution in [3.8, 4) is 16.9 Å². The quantitative estimate of drug-likeness (QED) is 0.916. The van der Waals surface area contributed by atoms with Crippen LogP contribution >= 0.6 is 0 Å². The molecule has 6 heteroatoms. The van der Waals surface area contributed by atoms with Gasteiger partial charge in [0, 0.05) is 36.9 Å². The Hall–Kier alpha value is -2.34. The second-order valence-electron chi connectivity index (χ2n) is 7.09. The highest BCUT2D eigenvalue weighted by atomic mass is 16.5. The van der Waals surface area contributed by atoms with Crippen molar-refractivity contribution in [2.24, 2.45) is 5.92 Å². The fraction of sp³-hybridized carbons (Fsp3) is 0.500. The number of ether oxygens (including phenoxy) is 2. The van der Waals surface area contributed by atoms with E-state index >= 15 is 0 Å². The standard InChI is InChI=1S/C20H25N3O3/c1-25-17-4-2-3-15(11-17)18-12-21-22-19(18)14-5-8-23(9-6-14)20(24)16-7-10-26-13-16/h2-4,11-12,14,16H,5-10,13H2,1H3,(H,21,22)/t16-/m0/s1. The molecule has 2 fully saturated rings. The predicted molar refractivity (Wildman–Crippen MR) is 98.1 cm³/mol. The van der Waals surface area contributed by atoms with Gasteiger partial charge in [-0.2, -0.15) is 5.10 Å². The van der Waals surface area contributed by atoms with Crippen LogP contribution in [0.1, 0.15) is 30.9 Å². The van der Waals surface area contributed by atoms with Crippen molar-refractivity contribution in [3.05, 3.63) is 36.2 Å². The first kappa shape index (κ1) is 17.1. The Morgan fingerprint density at radius 2 is 2.15 bits per heavy atom. The Balaban J connectivity index is 1.45. The number of nitrogens with one attached hydrogen (secondary N) is 1. The molecule has 3 heterocycles. The molecule has 2 aromatic rings. The molecule has 0 unspecified atom stereocenters. The van der Waals surface area contributed by atoms with Gasteiger partial charge in [-0.25, -0.2) is 0 Å². The number of hydrogen-bond donors (Lipinski definition) is 1. The van der Waals surface area contributed by atoms with Crippen molar-refractivity contribution < 1.29 is 14.3 Å². The fourth-order valence-corrected chi connectivity index (χ4v) is 4.00. The van der Waals surface area contributed by atoms with Gasteiger partial charge in [0.25, 0.3) is 0 Å². The summed E-state index contributed by atoms with van der Waals surface area (Å²) in [5, 5.41) is 7.48. The van der Waals surface area contributed by atoms with E-state index in [1.165, 1.54) is 0 Å². The van der Waals surface area contributed by atoms with Crippen molar-refractivity contribution in [2.75, 3.05) is 33.4 Å². The number of aromatic amines is 1. The number of benzene rings is 1. The maximum Gasteiger partial charge on any atom is 0.228 e. The Bertz CT molecular complexity index is 759. The zero-order valence-corrected chi connectivity index (χ0v) is 15.1. The van der Waals surface area contributed by atoms with E-state index in [0.29, 0.717) is 19.1 Å². The van der Waals surface area contributed by atoms with Gasteiger partial charge in [0.15, 0.2) is 0 Å². The number of carbonyl (C=O) groups excluding carboxylic acids is 1. The second kappa shape index (κ2) is 7.50. The third-order valence-corrected chi connectivity index (χ3v) is 5.54. The smallest absolute Gasteiger partial charge is 0.228 e. The number of carbonyl (C=O) groups is 1. The first-order valence-electron chi connectivity index (χ1n) is 9.30. The van der Waals surface area contributed by atoms with E-state index in [9.17, 15) is 4.79 Å². The maximum atomic E-state index is 12.6. The summed E-state index contributed by atoms with van der Waals surface area (Å²) in [5.41, 5.74) is 3.39. The molecule has 1 N–H and O–H groups in total. The van der Waals surface area contributed by atoms with Gasteiger partial charge < -0.3 is 14.4 Å². The van der Waals surface area contributed by atoms with Crippen LogP contribution in [0.4, 0.5) is 0 Å². The lowest BCUT2D eigenvalue weighted by Crippen LogP contribution is -2.41. The minimum absolute atomic E-state index is 0.0612. The van der Waals surface area contributed by atoms with Crippen LogP contribution in [0.25, 0.3) is 11.1 Å². The first-order valence-corrected chi connectivity index (χ1v) is 9.30. The zero-order chi connectivity index (χ0) is 17.9. The van der Waals surface area contributed by atoms with E-state index in [0.717, 1.165) is 54.9 Å². The minimum Gasteiger partial charge on any atom is -0.497 e. The van der Waals surface area contributed by atoms with Crippen LogP contribution in [-0.4, -0.2) is 54.4 Å². The Morgan fingerprint density at radius 1 is 1.31 bits per heavy atom. The predicted octanol–water partition coefficient (Wildman–Crippen LogP) is 2.83. The molecule has 0 bridgehead atoms. The van der Waals surface area contributed by atoms with E-state index in [2.05, 4.69) is 16.3 Å². The van der Waals surface area contributed by atoms with E-state index in [1.807, 2.05) is 29.3 Å². The van der Waals surface area contributed by atoms with Crippen molar-refractivity contribution in [1.82, 2.24) is 15.1 Å². The van der Waals surface area contributed by atoms with E-state index in [1.54, 1.807) is 7.11 Å². The van der Waals surface area contributed by atoms with Gasteiger partial charge in [0.2, 0.25) is 5.91 Å². The molecule has 2 saturated heterocycles. The van der Waals surface area contributed by atoms with Crippen molar-refractivity contribution >= 4 is 5.91 Å². The molecule has 4 rings (SSSR count). The highest BCUT2D eigenvalue weighted by Gasteiger charge is 2.32. The lowest BCUT2D eigenvalue weighted by atomic mass is 9.89. The molecule has 0 aliphatic carbocycles. The number of nitrogens with zero attached hydrogens (tertiary/aromatic N) is 2. The molecular weight excluding hydrogens is 330 g/mol. The second-order valence-corrected chi connectivity index (χ2v) is 7.09. The Kier molecular flexibility index (Phi) is 4.93. The summed E-state index contributed by atoms with van der Waals surface area (Å²) in [4.78, 5) is 14.6. The summed E-state index contributed by atoms with van der Waals surface area (Å²) in [6.45, 7) is 2.90. The molecule has 26 heavy (non-hydrogen) atoms. The third-order valence-electron chi connectivity index (χ3n) is 5.54. The van der Waals surface area contributed by atoms with Gasteiger partial charge in [0.1, 0.15) is 5.75 Å². The van der Waals surface area contributed by atoms with Crippen LogP contribution in [0.3, 0.4) is 0 Å². The van der Waals surface area contributed by atoms with E-state index in [4.69, 9.17) is 9.47 Å². The number of H-pyrrole nitrogens is 1. The Labute approximate surface area is 153 Å². The summed E-state index contributed by atoms with van der Waals surface area (Å²) >= 11 is 0. The summed E-state index contributed by atoms with van der Waals surface area (Å²) in [6, 6.07) is 8.05. The van der Waals surface area contributed by atoms with Gasteiger partial charge in [-0.1, -0.05) is 12.1 Å². The molecule has 0 spiro atoms. The maximum absolute atomic E-state index is 12.6. The molecule has 0 radical (unpaired) electrons. The van der Waals surface area contributed by atoms with Gasteiger partial charge in [-0.3, -0.25) is 9.89 Å². The monoisotopic (exact) mass is 355 g/mol. The van der Waals surface area contributed by atoms with Crippen LogP contribution < -0.4 is 4.74 Å². The highest BCUT2D eigenvalue weighted by molar-refractivity contribution is 5.79. The van der Waals surface area contributed by atoms with Crippen LogP contribution in [0.15, 0.2) is 30.5 Å². The summed E-state index contributed by atoms with van der Waals surface area (Å²) < 4.78 is 10.7. The largest absolute Gasteiger partial charge is 0.497 e. The topological polar surface area (TPSA) is 67.5 Å². The van der Waals surface area contributed by atoms with Gasteiger partial charge in [-0.15, -0.1) is 0 Å². The highest BCUT2D eigenvalue weighted by Crippen LogP contribution is 2.35. The summed E-state index contributed by atoms with van der Waals surface area (Å²) in [7, 11) is 1.68. The molecule has 2 aliphatic rings. The Morgan fingerprint density at radius 3 is 2.88 bits per heavy atom. The number of rotatable bonds is 4. The molecular formula is C20H25N3O3. The fourth-order valence-electron chi connectivity index (χ4n) is 4.00. The first-order chi connectivity index (χ1) is 12.8. The number of amides is 1. The van der Waals surface area contributed by atoms with Crippen molar-refractivity contribution in [3.63, 3.8) is 0 Å². The number of hydrogen-bond acceptors (Lipinski definition) is 4. The van der Waals surface area contributed by atoms with E-state index < -0.39 is 0 Å². The van der Waals surface area contributed by atoms with Crippen LogP contribution in [-0.2, 0) is 9.53 Å². The van der Waals surface area contributed by atoms with E-state index in [-0.39, 0.29) is 11.8 Å². The minimum atomic E-state index is 0.0612.